The van der Waals surface area contributed by atoms with Gasteiger partial charge in [-0.25, -0.2) is 9.97 Å². The van der Waals surface area contributed by atoms with Gasteiger partial charge in [0.2, 0.25) is 0 Å². The monoisotopic (exact) mass is 451 g/mol. The fourth-order valence-corrected chi connectivity index (χ4v) is 4.71. The number of carbonyl (C=O) groups excluding carboxylic acids is 1. The van der Waals surface area contributed by atoms with Crippen LogP contribution in [0.15, 0.2) is 69.5 Å². The van der Waals surface area contributed by atoms with Crippen molar-refractivity contribution >= 4 is 29.3 Å². The smallest absolute Gasteiger partial charge is 0.192 e. The van der Waals surface area contributed by atoms with Crippen molar-refractivity contribution in [2.75, 3.05) is 5.75 Å². The number of rotatable bonds is 9. The molecule has 9 heteroatoms. The van der Waals surface area contributed by atoms with Gasteiger partial charge in [-0.05, 0) is 32.0 Å². The molecule has 4 rings (SSSR count). The predicted octanol–water partition coefficient (Wildman–Crippen LogP) is 4.59. The van der Waals surface area contributed by atoms with E-state index in [1.807, 2.05) is 66.9 Å². The predicted molar refractivity (Wildman–Crippen MR) is 120 cm³/mol. The number of carbonyl (C=O) groups is 1. The fourth-order valence-electron chi connectivity index (χ4n) is 2.97. The maximum absolute atomic E-state index is 12.5. The Kier molecular flexibility index (Phi) is 6.83. The average Bonchev–Trinajstić information content (AvgIpc) is 3.41. The highest BCUT2D eigenvalue weighted by Gasteiger charge is 2.17. The first-order valence-electron chi connectivity index (χ1n) is 9.69. The molecule has 0 bridgehead atoms. The van der Waals surface area contributed by atoms with E-state index >= 15 is 0 Å². The first-order valence-corrected chi connectivity index (χ1v) is 11.7. The van der Waals surface area contributed by atoms with Crippen molar-refractivity contribution in [1.29, 1.82) is 0 Å². The van der Waals surface area contributed by atoms with E-state index in [4.69, 9.17) is 4.42 Å². The minimum absolute atomic E-state index is 0.0534. The van der Waals surface area contributed by atoms with Crippen molar-refractivity contribution in [2.45, 2.75) is 36.5 Å². The number of thioether (sulfide) groups is 2. The number of benzene rings is 1. The number of furan rings is 1. The van der Waals surface area contributed by atoms with Crippen LogP contribution in [0, 0.1) is 13.8 Å². The SMILES string of the molecule is Cc1cc(C)nc(SCc2nnc(SCC(=O)c3ccccc3)n2Cc2ccco2)n1. The number of aromatic nitrogens is 5. The van der Waals surface area contributed by atoms with Crippen molar-refractivity contribution < 1.29 is 9.21 Å². The van der Waals surface area contributed by atoms with Gasteiger partial charge < -0.3 is 4.42 Å². The zero-order chi connectivity index (χ0) is 21.6. The summed E-state index contributed by atoms with van der Waals surface area (Å²) >= 11 is 2.89. The second-order valence-electron chi connectivity index (χ2n) is 6.86. The van der Waals surface area contributed by atoms with Crippen LogP contribution >= 0.6 is 23.5 Å². The highest BCUT2D eigenvalue weighted by Crippen LogP contribution is 2.25. The van der Waals surface area contributed by atoms with E-state index in [0.29, 0.717) is 28.2 Å². The van der Waals surface area contributed by atoms with Crippen molar-refractivity contribution in [3.8, 4) is 0 Å². The van der Waals surface area contributed by atoms with E-state index in [-0.39, 0.29) is 11.5 Å². The molecule has 0 saturated heterocycles. The number of nitrogens with zero attached hydrogens (tertiary/aromatic N) is 5. The summed E-state index contributed by atoms with van der Waals surface area (Å²) in [5, 5.41) is 10.1. The highest BCUT2D eigenvalue weighted by atomic mass is 32.2. The van der Waals surface area contributed by atoms with Gasteiger partial charge in [0.15, 0.2) is 16.1 Å². The van der Waals surface area contributed by atoms with Crippen LogP contribution in [0.5, 0.6) is 0 Å². The summed E-state index contributed by atoms with van der Waals surface area (Å²) in [6, 6.07) is 15.0. The summed E-state index contributed by atoms with van der Waals surface area (Å²) in [6.07, 6.45) is 1.64. The Bertz CT molecular complexity index is 1140. The minimum atomic E-state index is 0.0534. The third-order valence-electron chi connectivity index (χ3n) is 4.41. The van der Waals surface area contributed by atoms with E-state index in [9.17, 15) is 4.79 Å². The first-order chi connectivity index (χ1) is 15.1. The second kappa shape index (κ2) is 9.93. The maximum Gasteiger partial charge on any atom is 0.192 e. The van der Waals surface area contributed by atoms with Crippen molar-refractivity contribution in [2.24, 2.45) is 0 Å². The minimum Gasteiger partial charge on any atom is -0.467 e. The number of ketones is 1. The molecular weight excluding hydrogens is 430 g/mol. The Morgan fingerprint density at radius 2 is 1.77 bits per heavy atom. The molecule has 31 heavy (non-hydrogen) atoms. The van der Waals surface area contributed by atoms with Gasteiger partial charge in [0, 0.05) is 17.0 Å². The van der Waals surface area contributed by atoms with E-state index in [2.05, 4.69) is 20.2 Å². The van der Waals surface area contributed by atoms with E-state index in [0.717, 1.165) is 23.0 Å². The molecule has 0 aliphatic rings. The lowest BCUT2D eigenvalue weighted by atomic mass is 10.2. The first kappa shape index (κ1) is 21.3. The van der Waals surface area contributed by atoms with Gasteiger partial charge >= 0.3 is 0 Å². The van der Waals surface area contributed by atoms with Crippen LogP contribution < -0.4 is 0 Å². The molecule has 7 nitrogen and oxygen atoms in total. The normalized spacial score (nSPS) is 11.0. The summed E-state index contributed by atoms with van der Waals surface area (Å²) in [6.45, 7) is 4.40. The molecule has 158 valence electrons. The lowest BCUT2D eigenvalue weighted by Crippen LogP contribution is -2.08. The number of aryl methyl sites for hydroxylation is 2. The van der Waals surface area contributed by atoms with Crippen molar-refractivity contribution in [3.05, 3.63) is 83.3 Å². The van der Waals surface area contributed by atoms with Gasteiger partial charge in [-0.2, -0.15) is 0 Å². The molecule has 0 aliphatic carbocycles. The maximum atomic E-state index is 12.5. The van der Waals surface area contributed by atoms with Crippen molar-refractivity contribution in [1.82, 2.24) is 24.7 Å². The van der Waals surface area contributed by atoms with Gasteiger partial charge in [0.1, 0.15) is 11.6 Å². The molecule has 0 amide bonds. The Morgan fingerprint density at radius 1 is 1.00 bits per heavy atom. The highest BCUT2D eigenvalue weighted by molar-refractivity contribution is 7.99. The Balaban J connectivity index is 1.51. The second-order valence-corrected chi connectivity index (χ2v) is 8.75. The summed E-state index contributed by atoms with van der Waals surface area (Å²) in [4.78, 5) is 21.5. The largest absolute Gasteiger partial charge is 0.467 e. The van der Waals surface area contributed by atoms with E-state index < -0.39 is 0 Å². The van der Waals surface area contributed by atoms with Crippen LogP contribution in [0.25, 0.3) is 0 Å². The molecule has 0 spiro atoms. The molecule has 0 atom stereocenters. The van der Waals surface area contributed by atoms with Gasteiger partial charge in [-0.1, -0.05) is 53.9 Å². The van der Waals surface area contributed by atoms with Crippen LogP contribution in [0.3, 0.4) is 0 Å². The number of hydrogen-bond donors (Lipinski definition) is 0. The molecule has 3 heterocycles. The van der Waals surface area contributed by atoms with E-state index in [1.54, 1.807) is 6.26 Å². The average molecular weight is 452 g/mol. The van der Waals surface area contributed by atoms with Gasteiger partial charge in [0.25, 0.3) is 0 Å². The summed E-state index contributed by atoms with van der Waals surface area (Å²) in [5.74, 6) is 2.47. The zero-order valence-corrected chi connectivity index (χ0v) is 18.8. The van der Waals surface area contributed by atoms with Crippen LogP contribution in [-0.4, -0.2) is 36.3 Å². The lowest BCUT2D eigenvalue weighted by molar-refractivity contribution is 0.102. The van der Waals surface area contributed by atoms with Gasteiger partial charge in [-0.15, -0.1) is 10.2 Å². The third-order valence-corrected chi connectivity index (χ3v) is 6.22. The van der Waals surface area contributed by atoms with Gasteiger partial charge in [-0.3, -0.25) is 9.36 Å². The molecule has 0 radical (unpaired) electrons. The molecule has 0 N–H and O–H groups in total. The molecule has 0 unspecified atom stereocenters. The molecule has 0 saturated carbocycles. The standard InChI is InChI=1S/C22H21N5O2S2/c1-15-11-16(2)24-21(23-15)30-14-20-25-26-22(27(20)12-18-9-6-10-29-18)31-13-19(28)17-7-4-3-5-8-17/h3-11H,12-14H2,1-2H3. The Morgan fingerprint density at radius 3 is 2.48 bits per heavy atom. The number of Topliss-reactive ketones (excluding diaryl/α,β-unsaturated/α-hetero) is 1. The lowest BCUT2D eigenvalue weighted by Gasteiger charge is -2.09. The fraction of sp³-hybridized carbons (Fsp3) is 0.227. The Hall–Kier alpha value is -2.91. The third kappa shape index (κ3) is 5.62. The molecular formula is C22H21N5O2S2. The Labute approximate surface area is 188 Å². The molecule has 0 fully saturated rings. The molecule has 0 aliphatic heterocycles. The summed E-state index contributed by atoms with van der Waals surface area (Å²) < 4.78 is 7.51. The summed E-state index contributed by atoms with van der Waals surface area (Å²) in [7, 11) is 0. The topological polar surface area (TPSA) is 86.7 Å². The quantitative estimate of drug-likeness (QED) is 0.207. The number of hydrogen-bond acceptors (Lipinski definition) is 8. The molecule has 3 aromatic heterocycles. The molecule has 1 aromatic carbocycles. The van der Waals surface area contributed by atoms with Crippen LogP contribution in [0.1, 0.15) is 33.3 Å². The molecule has 4 aromatic rings. The zero-order valence-electron chi connectivity index (χ0n) is 17.2. The van der Waals surface area contributed by atoms with Crippen LogP contribution in [0.4, 0.5) is 0 Å². The van der Waals surface area contributed by atoms with E-state index in [1.165, 1.54) is 23.5 Å². The van der Waals surface area contributed by atoms with Crippen LogP contribution in [-0.2, 0) is 12.3 Å². The summed E-state index contributed by atoms with van der Waals surface area (Å²) in [5.41, 5.74) is 2.56. The van der Waals surface area contributed by atoms with Crippen molar-refractivity contribution in [3.63, 3.8) is 0 Å². The van der Waals surface area contributed by atoms with Gasteiger partial charge in [0.05, 0.1) is 24.3 Å². The van der Waals surface area contributed by atoms with Crippen LogP contribution in [0.2, 0.25) is 0 Å².